The smallest absolute Gasteiger partial charge is 0.311 e. The van der Waals surface area contributed by atoms with Gasteiger partial charge in [-0.3, -0.25) is 10.1 Å². The van der Waals surface area contributed by atoms with Gasteiger partial charge in [0.05, 0.1) is 10.5 Å². The van der Waals surface area contributed by atoms with E-state index in [-0.39, 0.29) is 17.4 Å². The number of nitrogens with zero attached hydrogens (tertiary/aromatic N) is 3. The SMILES string of the molecule is N#Cc1ccccc1Oc1ccc([N+](=O)[O-])c(N)n1. The number of nitrogens with two attached hydrogens (primary N) is 1. The molecule has 0 aliphatic carbocycles. The van der Waals surface area contributed by atoms with Crippen molar-refractivity contribution < 1.29 is 9.66 Å². The first-order valence-electron chi connectivity index (χ1n) is 5.19. The van der Waals surface area contributed by atoms with Gasteiger partial charge in [-0.05, 0) is 12.1 Å². The highest BCUT2D eigenvalue weighted by molar-refractivity contribution is 5.54. The molecule has 2 aromatic rings. The van der Waals surface area contributed by atoms with Crippen molar-refractivity contribution in [1.82, 2.24) is 4.98 Å². The number of nitriles is 1. The lowest BCUT2D eigenvalue weighted by atomic mass is 10.2. The Balaban J connectivity index is 2.32. The summed E-state index contributed by atoms with van der Waals surface area (Å²) in [5, 5.41) is 19.5. The predicted octanol–water partition coefficient (Wildman–Crippen LogP) is 2.24. The number of nitro groups is 1. The van der Waals surface area contributed by atoms with Gasteiger partial charge in [0.25, 0.3) is 0 Å². The Hall–Kier alpha value is -3.14. The molecule has 0 amide bonds. The van der Waals surface area contributed by atoms with Crippen molar-refractivity contribution in [1.29, 1.82) is 5.26 Å². The molecule has 1 heterocycles. The van der Waals surface area contributed by atoms with Gasteiger partial charge >= 0.3 is 5.69 Å². The topological polar surface area (TPSA) is 115 Å². The van der Waals surface area contributed by atoms with Crippen LogP contribution < -0.4 is 10.5 Å². The Kier molecular flexibility index (Phi) is 3.25. The van der Waals surface area contributed by atoms with Crippen LogP contribution in [0.1, 0.15) is 5.56 Å². The predicted molar refractivity (Wildman–Crippen MR) is 66.5 cm³/mol. The van der Waals surface area contributed by atoms with Crippen molar-refractivity contribution in [3.63, 3.8) is 0 Å². The highest BCUT2D eigenvalue weighted by Crippen LogP contribution is 2.27. The number of pyridine rings is 1. The second-order valence-corrected chi connectivity index (χ2v) is 3.52. The molecule has 0 aliphatic rings. The molecule has 0 bridgehead atoms. The molecule has 0 unspecified atom stereocenters. The third-order valence-electron chi connectivity index (χ3n) is 2.30. The molecule has 0 fully saturated rings. The Labute approximate surface area is 108 Å². The second-order valence-electron chi connectivity index (χ2n) is 3.52. The first kappa shape index (κ1) is 12.3. The molecule has 2 rings (SSSR count). The van der Waals surface area contributed by atoms with E-state index >= 15 is 0 Å². The fraction of sp³-hybridized carbons (Fsp3) is 0. The average molecular weight is 256 g/mol. The zero-order valence-corrected chi connectivity index (χ0v) is 9.61. The number of para-hydroxylation sites is 1. The summed E-state index contributed by atoms with van der Waals surface area (Å²) in [6, 6.07) is 11.1. The summed E-state index contributed by atoms with van der Waals surface area (Å²) in [6.07, 6.45) is 0. The molecule has 1 aromatic heterocycles. The van der Waals surface area contributed by atoms with Gasteiger partial charge in [0.2, 0.25) is 11.7 Å². The van der Waals surface area contributed by atoms with Crippen LogP contribution in [0.15, 0.2) is 36.4 Å². The van der Waals surface area contributed by atoms with Crippen LogP contribution in [0.2, 0.25) is 0 Å². The highest BCUT2D eigenvalue weighted by Gasteiger charge is 2.14. The van der Waals surface area contributed by atoms with Gasteiger partial charge in [0.1, 0.15) is 11.8 Å². The molecule has 0 atom stereocenters. The number of hydrogen-bond donors (Lipinski definition) is 1. The van der Waals surface area contributed by atoms with Crippen molar-refractivity contribution in [2.75, 3.05) is 5.73 Å². The van der Waals surface area contributed by atoms with E-state index in [1.54, 1.807) is 24.3 Å². The van der Waals surface area contributed by atoms with E-state index in [0.29, 0.717) is 11.3 Å². The van der Waals surface area contributed by atoms with E-state index in [4.69, 9.17) is 15.7 Å². The van der Waals surface area contributed by atoms with Crippen LogP contribution in [0, 0.1) is 21.4 Å². The normalized spacial score (nSPS) is 9.63. The lowest BCUT2D eigenvalue weighted by Crippen LogP contribution is -2.00. The molecule has 94 valence electrons. The lowest BCUT2D eigenvalue weighted by Gasteiger charge is -2.06. The molecule has 0 spiro atoms. The standard InChI is InChI=1S/C12H8N4O3/c13-7-8-3-1-2-4-10(8)19-11-6-5-9(16(17)18)12(14)15-11/h1-6H,(H2,14,15). The molecule has 0 saturated carbocycles. The molecule has 0 saturated heterocycles. The van der Waals surface area contributed by atoms with Crippen LogP contribution in [0.5, 0.6) is 11.6 Å². The molecular formula is C12H8N4O3. The van der Waals surface area contributed by atoms with Gasteiger partial charge in [0.15, 0.2) is 0 Å². The zero-order chi connectivity index (χ0) is 13.8. The highest BCUT2D eigenvalue weighted by atomic mass is 16.6. The van der Waals surface area contributed by atoms with Gasteiger partial charge < -0.3 is 10.5 Å². The van der Waals surface area contributed by atoms with E-state index in [1.807, 2.05) is 6.07 Å². The number of aromatic nitrogens is 1. The fourth-order valence-electron chi connectivity index (χ4n) is 1.42. The van der Waals surface area contributed by atoms with Crippen LogP contribution in [0.3, 0.4) is 0 Å². The lowest BCUT2D eigenvalue weighted by molar-refractivity contribution is -0.384. The van der Waals surface area contributed by atoms with Crippen molar-refractivity contribution in [2.45, 2.75) is 0 Å². The minimum Gasteiger partial charge on any atom is -0.438 e. The van der Waals surface area contributed by atoms with Crippen LogP contribution in [0.25, 0.3) is 0 Å². The van der Waals surface area contributed by atoms with Crippen LogP contribution >= 0.6 is 0 Å². The Morgan fingerprint density at radius 1 is 1.32 bits per heavy atom. The fourth-order valence-corrected chi connectivity index (χ4v) is 1.42. The third kappa shape index (κ3) is 2.58. The number of nitrogen functional groups attached to an aromatic ring is 1. The second kappa shape index (κ2) is 5.01. The van der Waals surface area contributed by atoms with Crippen LogP contribution in [0.4, 0.5) is 11.5 Å². The van der Waals surface area contributed by atoms with Crippen molar-refractivity contribution in [3.05, 3.63) is 52.1 Å². The summed E-state index contributed by atoms with van der Waals surface area (Å²) < 4.78 is 5.38. The van der Waals surface area contributed by atoms with Crippen molar-refractivity contribution in [2.24, 2.45) is 0 Å². The number of ether oxygens (including phenoxy) is 1. The van der Waals surface area contributed by atoms with E-state index in [1.165, 1.54) is 12.1 Å². The summed E-state index contributed by atoms with van der Waals surface area (Å²) in [6.45, 7) is 0. The summed E-state index contributed by atoms with van der Waals surface area (Å²) in [5.74, 6) is 0.161. The maximum atomic E-state index is 10.6. The molecule has 2 N–H and O–H groups in total. The zero-order valence-electron chi connectivity index (χ0n) is 9.61. The summed E-state index contributed by atoms with van der Waals surface area (Å²) in [7, 11) is 0. The number of hydrogen-bond acceptors (Lipinski definition) is 6. The van der Waals surface area contributed by atoms with Gasteiger partial charge in [-0.15, -0.1) is 0 Å². The quantitative estimate of drug-likeness (QED) is 0.665. The number of benzene rings is 1. The molecule has 7 heteroatoms. The van der Waals surface area contributed by atoms with Gasteiger partial charge in [-0.1, -0.05) is 12.1 Å². The van der Waals surface area contributed by atoms with Gasteiger partial charge in [-0.2, -0.15) is 10.2 Å². The average Bonchev–Trinajstić information content (AvgIpc) is 2.39. The largest absolute Gasteiger partial charge is 0.438 e. The first-order valence-corrected chi connectivity index (χ1v) is 5.19. The monoisotopic (exact) mass is 256 g/mol. The number of rotatable bonds is 3. The van der Waals surface area contributed by atoms with Gasteiger partial charge in [0, 0.05) is 12.1 Å². The van der Waals surface area contributed by atoms with Crippen molar-refractivity contribution >= 4 is 11.5 Å². The van der Waals surface area contributed by atoms with Crippen LogP contribution in [-0.2, 0) is 0 Å². The maximum absolute atomic E-state index is 10.6. The molecule has 7 nitrogen and oxygen atoms in total. The minimum absolute atomic E-state index is 0.0887. The maximum Gasteiger partial charge on any atom is 0.311 e. The summed E-state index contributed by atoms with van der Waals surface area (Å²) in [4.78, 5) is 13.7. The molecule has 19 heavy (non-hydrogen) atoms. The Morgan fingerprint density at radius 3 is 2.68 bits per heavy atom. The van der Waals surface area contributed by atoms with E-state index in [2.05, 4.69) is 4.98 Å². The van der Waals surface area contributed by atoms with Crippen molar-refractivity contribution in [3.8, 4) is 17.7 Å². The summed E-state index contributed by atoms with van der Waals surface area (Å²) in [5.41, 5.74) is 5.49. The molecular weight excluding hydrogens is 248 g/mol. The van der Waals surface area contributed by atoms with Crippen LogP contribution in [-0.4, -0.2) is 9.91 Å². The Bertz CT molecular complexity index is 679. The van der Waals surface area contributed by atoms with E-state index in [0.717, 1.165) is 0 Å². The number of anilines is 1. The summed E-state index contributed by atoms with van der Waals surface area (Å²) >= 11 is 0. The van der Waals surface area contributed by atoms with Gasteiger partial charge in [-0.25, -0.2) is 0 Å². The molecule has 1 aromatic carbocycles. The third-order valence-corrected chi connectivity index (χ3v) is 2.30. The minimum atomic E-state index is -0.630. The molecule has 0 aliphatic heterocycles. The first-order chi connectivity index (χ1) is 9.11. The van der Waals surface area contributed by atoms with E-state index in [9.17, 15) is 10.1 Å². The Morgan fingerprint density at radius 2 is 2.05 bits per heavy atom. The molecule has 0 radical (unpaired) electrons. The van der Waals surface area contributed by atoms with E-state index < -0.39 is 4.92 Å².